The Balaban J connectivity index is 2.24. The highest BCUT2D eigenvalue weighted by atomic mass is 16.2. The third kappa shape index (κ3) is 1.91. The summed E-state index contributed by atoms with van der Waals surface area (Å²) in [5.74, 6) is 0.719. The van der Waals surface area contributed by atoms with Crippen LogP contribution in [0.5, 0.6) is 0 Å². The average molecular weight is 252 g/mol. The molecule has 2 fully saturated rings. The second-order valence-corrected chi connectivity index (χ2v) is 5.74. The molecule has 4 heteroatoms. The molecule has 0 aliphatic carbocycles. The molecule has 2 aliphatic heterocycles. The van der Waals surface area contributed by atoms with E-state index in [1.807, 2.05) is 11.8 Å². The molecule has 4 unspecified atom stereocenters. The summed E-state index contributed by atoms with van der Waals surface area (Å²) in [6.45, 7) is 8.97. The lowest BCUT2D eigenvalue weighted by atomic mass is 9.95. The number of fused-ring (bicyclic) bond motifs is 1. The predicted octanol–water partition coefficient (Wildman–Crippen LogP) is 1.64. The quantitative estimate of drug-likeness (QED) is 0.766. The van der Waals surface area contributed by atoms with E-state index in [0.717, 1.165) is 25.8 Å². The van der Waals surface area contributed by atoms with E-state index in [1.165, 1.54) is 0 Å². The summed E-state index contributed by atoms with van der Waals surface area (Å²) in [7, 11) is 0. The van der Waals surface area contributed by atoms with Crippen LogP contribution < -0.4 is 0 Å². The van der Waals surface area contributed by atoms with Crippen LogP contribution in [0.3, 0.4) is 0 Å². The van der Waals surface area contributed by atoms with Crippen molar-refractivity contribution in [3.63, 3.8) is 0 Å². The third-order valence-electron chi connectivity index (χ3n) is 4.76. The fourth-order valence-corrected chi connectivity index (χ4v) is 3.18. The lowest BCUT2D eigenvalue weighted by Gasteiger charge is -2.45. The molecule has 0 aromatic carbocycles. The van der Waals surface area contributed by atoms with Crippen molar-refractivity contribution < 1.29 is 9.59 Å². The van der Waals surface area contributed by atoms with Gasteiger partial charge in [-0.3, -0.25) is 9.59 Å². The van der Waals surface area contributed by atoms with Crippen molar-refractivity contribution >= 4 is 11.8 Å². The molecule has 102 valence electrons. The van der Waals surface area contributed by atoms with Crippen LogP contribution in [0.4, 0.5) is 0 Å². The van der Waals surface area contributed by atoms with Gasteiger partial charge in [0.1, 0.15) is 12.1 Å². The highest BCUT2D eigenvalue weighted by Gasteiger charge is 2.47. The summed E-state index contributed by atoms with van der Waals surface area (Å²) >= 11 is 0. The molecule has 0 radical (unpaired) electrons. The summed E-state index contributed by atoms with van der Waals surface area (Å²) in [4.78, 5) is 28.5. The number of nitrogens with zero attached hydrogens (tertiary/aromatic N) is 2. The normalized spacial score (nSPS) is 31.6. The van der Waals surface area contributed by atoms with Crippen molar-refractivity contribution in [2.24, 2.45) is 5.92 Å². The molecule has 0 saturated carbocycles. The van der Waals surface area contributed by atoms with E-state index in [9.17, 15) is 9.59 Å². The van der Waals surface area contributed by atoms with Gasteiger partial charge in [-0.1, -0.05) is 20.3 Å². The maximum absolute atomic E-state index is 12.6. The van der Waals surface area contributed by atoms with Gasteiger partial charge in [-0.15, -0.1) is 0 Å². The minimum atomic E-state index is -0.296. The van der Waals surface area contributed by atoms with Crippen LogP contribution in [0.2, 0.25) is 0 Å². The van der Waals surface area contributed by atoms with Crippen LogP contribution in [0.15, 0.2) is 0 Å². The Morgan fingerprint density at radius 2 is 1.94 bits per heavy atom. The van der Waals surface area contributed by atoms with Crippen LogP contribution in [-0.4, -0.2) is 46.3 Å². The molecule has 2 saturated heterocycles. The highest BCUT2D eigenvalue weighted by Crippen LogP contribution is 2.30. The second-order valence-electron chi connectivity index (χ2n) is 5.74. The Kier molecular flexibility index (Phi) is 3.64. The Labute approximate surface area is 109 Å². The molecule has 2 aliphatic rings. The van der Waals surface area contributed by atoms with Crippen LogP contribution in [0.1, 0.15) is 47.0 Å². The van der Waals surface area contributed by atoms with Gasteiger partial charge in [-0.05, 0) is 32.6 Å². The van der Waals surface area contributed by atoms with Gasteiger partial charge in [0.05, 0.1) is 0 Å². The molecule has 0 spiro atoms. The average Bonchev–Trinajstić information content (AvgIpc) is 2.84. The van der Waals surface area contributed by atoms with Gasteiger partial charge in [0, 0.05) is 12.6 Å². The van der Waals surface area contributed by atoms with E-state index in [0.29, 0.717) is 5.92 Å². The fraction of sp³-hybridized carbons (Fsp3) is 0.857. The lowest BCUT2D eigenvalue weighted by Crippen LogP contribution is -2.64. The molecule has 2 heterocycles. The second kappa shape index (κ2) is 4.90. The van der Waals surface area contributed by atoms with Gasteiger partial charge < -0.3 is 9.80 Å². The van der Waals surface area contributed by atoms with Crippen LogP contribution >= 0.6 is 0 Å². The number of carbonyl (C=O) groups excluding carboxylic acids is 2. The van der Waals surface area contributed by atoms with Crippen molar-refractivity contribution in [1.29, 1.82) is 0 Å². The molecule has 0 N–H and O–H groups in total. The van der Waals surface area contributed by atoms with Crippen molar-refractivity contribution in [2.75, 3.05) is 6.54 Å². The van der Waals surface area contributed by atoms with E-state index in [4.69, 9.17) is 0 Å². The summed E-state index contributed by atoms with van der Waals surface area (Å²) in [6.07, 6.45) is 2.82. The molecule has 4 atom stereocenters. The number of hydrogen-bond donors (Lipinski definition) is 0. The van der Waals surface area contributed by atoms with Crippen LogP contribution in [-0.2, 0) is 9.59 Å². The number of carbonyl (C=O) groups is 2. The maximum Gasteiger partial charge on any atom is 0.246 e. The monoisotopic (exact) mass is 252 g/mol. The zero-order valence-electron chi connectivity index (χ0n) is 11.8. The van der Waals surface area contributed by atoms with E-state index >= 15 is 0 Å². The first-order valence-electron chi connectivity index (χ1n) is 7.11. The Morgan fingerprint density at radius 3 is 2.56 bits per heavy atom. The molecule has 2 amide bonds. The molecule has 0 aromatic rings. The van der Waals surface area contributed by atoms with Gasteiger partial charge in [0.25, 0.3) is 0 Å². The summed E-state index contributed by atoms with van der Waals surface area (Å²) in [6, 6.07) is -0.333. The molecule has 4 nitrogen and oxygen atoms in total. The van der Waals surface area contributed by atoms with E-state index in [-0.39, 0.29) is 29.9 Å². The Bertz CT molecular complexity index is 356. The summed E-state index contributed by atoms with van der Waals surface area (Å²) in [5, 5.41) is 0. The molecule has 0 bridgehead atoms. The molecule has 0 aromatic heterocycles. The van der Waals surface area contributed by atoms with Crippen molar-refractivity contribution in [2.45, 2.75) is 65.1 Å². The van der Waals surface area contributed by atoms with Crippen molar-refractivity contribution in [3.8, 4) is 0 Å². The number of rotatable bonds is 3. The van der Waals surface area contributed by atoms with E-state index in [2.05, 4.69) is 20.8 Å². The Hall–Kier alpha value is -1.06. The van der Waals surface area contributed by atoms with E-state index < -0.39 is 0 Å². The zero-order valence-corrected chi connectivity index (χ0v) is 11.8. The largest absolute Gasteiger partial charge is 0.329 e. The van der Waals surface area contributed by atoms with Gasteiger partial charge in [-0.2, -0.15) is 0 Å². The highest BCUT2D eigenvalue weighted by molar-refractivity contribution is 5.97. The predicted molar refractivity (Wildman–Crippen MR) is 70.0 cm³/mol. The lowest BCUT2D eigenvalue weighted by molar-refractivity contribution is -0.162. The molecule has 2 rings (SSSR count). The summed E-state index contributed by atoms with van der Waals surface area (Å²) < 4.78 is 0. The standard InChI is InChI=1S/C14H24N2O2/c1-5-9(2)10(3)16-11(4)13(17)15-8-6-7-12(15)14(16)18/h9-12H,5-8H2,1-4H3. The van der Waals surface area contributed by atoms with Crippen molar-refractivity contribution in [1.82, 2.24) is 9.80 Å². The topological polar surface area (TPSA) is 40.6 Å². The number of amides is 2. The van der Waals surface area contributed by atoms with E-state index in [1.54, 1.807) is 4.90 Å². The SMILES string of the molecule is CCC(C)C(C)N1C(=O)C2CCCN2C(=O)C1C. The summed E-state index contributed by atoms with van der Waals surface area (Å²) in [5.41, 5.74) is 0. The van der Waals surface area contributed by atoms with Gasteiger partial charge in [-0.25, -0.2) is 0 Å². The maximum atomic E-state index is 12.6. The Morgan fingerprint density at radius 1 is 1.28 bits per heavy atom. The number of hydrogen-bond acceptors (Lipinski definition) is 2. The third-order valence-corrected chi connectivity index (χ3v) is 4.76. The minimum Gasteiger partial charge on any atom is -0.329 e. The van der Waals surface area contributed by atoms with Gasteiger partial charge in [0.2, 0.25) is 11.8 Å². The minimum absolute atomic E-state index is 0.132. The molecular formula is C14H24N2O2. The first-order chi connectivity index (χ1) is 8.49. The molecular weight excluding hydrogens is 228 g/mol. The first-order valence-corrected chi connectivity index (χ1v) is 7.11. The van der Waals surface area contributed by atoms with Gasteiger partial charge in [0.15, 0.2) is 0 Å². The van der Waals surface area contributed by atoms with Crippen molar-refractivity contribution in [3.05, 3.63) is 0 Å². The molecule has 18 heavy (non-hydrogen) atoms. The zero-order chi connectivity index (χ0) is 13.4. The fourth-order valence-electron chi connectivity index (χ4n) is 3.18. The van der Waals surface area contributed by atoms with Crippen LogP contribution in [0.25, 0.3) is 0 Å². The smallest absolute Gasteiger partial charge is 0.246 e. The van der Waals surface area contributed by atoms with Crippen LogP contribution in [0, 0.1) is 5.92 Å². The first kappa shape index (κ1) is 13.4. The number of piperazine rings is 1. The van der Waals surface area contributed by atoms with Gasteiger partial charge >= 0.3 is 0 Å².